The minimum Gasteiger partial charge on any atom is -0.351 e. The molecule has 1 fully saturated rings. The average molecular weight is 345 g/mol. The van der Waals surface area contributed by atoms with Crippen LogP contribution in [-0.4, -0.2) is 41.9 Å². The van der Waals surface area contributed by atoms with E-state index in [0.29, 0.717) is 30.1 Å². The third kappa shape index (κ3) is 4.62. The molecule has 120 valence electrons. The lowest BCUT2D eigenvalue weighted by Gasteiger charge is -2.13. The Bertz CT molecular complexity index is 570. The van der Waals surface area contributed by atoms with Gasteiger partial charge in [0.2, 0.25) is 5.91 Å². The van der Waals surface area contributed by atoms with Gasteiger partial charge in [0.25, 0.3) is 11.1 Å². The highest BCUT2D eigenvalue weighted by Gasteiger charge is 2.28. The van der Waals surface area contributed by atoms with E-state index in [1.165, 1.54) is 0 Å². The molecular formula is C13H17ClN4O3S. The Morgan fingerprint density at radius 3 is 2.73 bits per heavy atom. The number of nitrogens with one attached hydrogen (secondary N) is 3. The van der Waals surface area contributed by atoms with Gasteiger partial charge in [0, 0.05) is 18.8 Å². The van der Waals surface area contributed by atoms with Crippen LogP contribution in [-0.2, 0) is 4.79 Å². The number of amides is 3. The van der Waals surface area contributed by atoms with Crippen molar-refractivity contribution >= 4 is 46.9 Å². The fraction of sp³-hybridized carbons (Fsp3) is 0.308. The molecule has 1 saturated heterocycles. The minimum atomic E-state index is -0.581. The summed E-state index contributed by atoms with van der Waals surface area (Å²) in [6.07, 6.45) is 0. The number of para-hydroxylation sites is 1. The molecule has 0 radical (unpaired) electrons. The van der Waals surface area contributed by atoms with Crippen LogP contribution in [0.15, 0.2) is 24.3 Å². The Morgan fingerprint density at radius 2 is 2.09 bits per heavy atom. The molecule has 1 aromatic rings. The fourth-order valence-electron chi connectivity index (χ4n) is 1.82. The van der Waals surface area contributed by atoms with Crippen LogP contribution in [0.25, 0.3) is 0 Å². The van der Waals surface area contributed by atoms with E-state index in [0.717, 1.165) is 11.8 Å². The number of thioether (sulfide) groups is 1. The zero-order chi connectivity index (χ0) is 15.2. The molecule has 0 aromatic heterocycles. The normalized spacial score (nSPS) is 16.4. The highest BCUT2D eigenvalue weighted by molar-refractivity contribution is 8.14. The van der Waals surface area contributed by atoms with Crippen molar-refractivity contribution in [1.82, 2.24) is 10.6 Å². The number of carbonyl (C=O) groups excluding carboxylic acids is 3. The minimum absolute atomic E-state index is 0. The Balaban J connectivity index is 0.00000242. The lowest BCUT2D eigenvalue weighted by atomic mass is 10.1. The third-order valence-electron chi connectivity index (χ3n) is 2.85. The van der Waals surface area contributed by atoms with Crippen molar-refractivity contribution in [2.24, 2.45) is 5.73 Å². The van der Waals surface area contributed by atoms with E-state index < -0.39 is 6.04 Å². The first-order valence-corrected chi connectivity index (χ1v) is 7.42. The third-order valence-corrected chi connectivity index (χ3v) is 3.73. The van der Waals surface area contributed by atoms with Gasteiger partial charge in [-0.1, -0.05) is 23.9 Å². The number of halogens is 1. The molecule has 0 aliphatic carbocycles. The molecule has 1 heterocycles. The molecule has 1 aliphatic rings. The van der Waals surface area contributed by atoms with Crippen LogP contribution in [0.5, 0.6) is 0 Å². The van der Waals surface area contributed by atoms with Crippen LogP contribution in [0.2, 0.25) is 0 Å². The van der Waals surface area contributed by atoms with E-state index in [1.807, 2.05) is 0 Å². The highest BCUT2D eigenvalue weighted by atomic mass is 35.5. The van der Waals surface area contributed by atoms with Gasteiger partial charge in [-0.2, -0.15) is 0 Å². The lowest BCUT2D eigenvalue weighted by molar-refractivity contribution is -0.117. The first-order valence-electron chi connectivity index (χ1n) is 6.43. The molecule has 5 N–H and O–H groups in total. The zero-order valence-corrected chi connectivity index (χ0v) is 13.3. The maximum atomic E-state index is 12.1. The molecule has 0 spiro atoms. The lowest BCUT2D eigenvalue weighted by Crippen LogP contribution is -2.39. The first-order chi connectivity index (χ1) is 10.1. The molecule has 1 atom stereocenters. The predicted octanol–water partition coefficient (Wildman–Crippen LogP) is 0.560. The summed E-state index contributed by atoms with van der Waals surface area (Å²) in [7, 11) is 0. The van der Waals surface area contributed by atoms with Gasteiger partial charge in [-0.05, 0) is 12.1 Å². The molecular weight excluding hydrogens is 328 g/mol. The molecule has 3 amide bonds. The highest BCUT2D eigenvalue weighted by Crippen LogP contribution is 2.18. The number of anilines is 1. The van der Waals surface area contributed by atoms with Gasteiger partial charge < -0.3 is 21.7 Å². The largest absolute Gasteiger partial charge is 0.351 e. The summed E-state index contributed by atoms with van der Waals surface area (Å²) in [5.41, 5.74) is 6.11. The number of carbonyl (C=O) groups is 3. The second kappa shape index (κ2) is 8.62. The van der Waals surface area contributed by atoms with Gasteiger partial charge in [-0.15, -0.1) is 12.4 Å². The van der Waals surface area contributed by atoms with E-state index in [4.69, 9.17) is 5.73 Å². The molecule has 1 aromatic carbocycles. The van der Waals surface area contributed by atoms with E-state index in [9.17, 15) is 14.4 Å². The maximum absolute atomic E-state index is 12.1. The van der Waals surface area contributed by atoms with Crippen LogP contribution in [0.4, 0.5) is 10.5 Å². The van der Waals surface area contributed by atoms with Gasteiger partial charge in [0.1, 0.15) is 6.04 Å². The zero-order valence-electron chi connectivity index (χ0n) is 11.6. The van der Waals surface area contributed by atoms with E-state index in [2.05, 4.69) is 16.0 Å². The van der Waals surface area contributed by atoms with Crippen molar-refractivity contribution < 1.29 is 14.4 Å². The van der Waals surface area contributed by atoms with Gasteiger partial charge in [-0.25, -0.2) is 0 Å². The second-order valence-electron chi connectivity index (χ2n) is 4.37. The molecule has 0 saturated carbocycles. The van der Waals surface area contributed by atoms with Crippen molar-refractivity contribution in [2.45, 2.75) is 6.04 Å². The maximum Gasteiger partial charge on any atom is 0.279 e. The number of nitrogens with two attached hydrogens (primary N) is 1. The molecule has 22 heavy (non-hydrogen) atoms. The molecule has 9 heteroatoms. The summed E-state index contributed by atoms with van der Waals surface area (Å²) in [5, 5.41) is 7.65. The van der Waals surface area contributed by atoms with Crippen molar-refractivity contribution in [1.29, 1.82) is 0 Å². The van der Waals surface area contributed by atoms with Crippen LogP contribution < -0.4 is 21.7 Å². The number of hydrogen-bond donors (Lipinski definition) is 4. The summed E-state index contributed by atoms with van der Waals surface area (Å²) in [5.74, 6) is -0.264. The SMILES string of the molecule is Cl.NCCNC(=O)c1ccccc1NC(=O)[C@@H]1CSC(=O)N1. The monoisotopic (exact) mass is 344 g/mol. The van der Waals surface area contributed by atoms with Crippen molar-refractivity contribution in [3.8, 4) is 0 Å². The summed E-state index contributed by atoms with van der Waals surface area (Å²) < 4.78 is 0. The van der Waals surface area contributed by atoms with Crippen molar-refractivity contribution in [3.05, 3.63) is 29.8 Å². The number of hydrogen-bond acceptors (Lipinski definition) is 5. The predicted molar refractivity (Wildman–Crippen MR) is 88.5 cm³/mol. The van der Waals surface area contributed by atoms with Gasteiger partial charge in [0.05, 0.1) is 11.3 Å². The second-order valence-corrected chi connectivity index (χ2v) is 5.37. The molecule has 0 bridgehead atoms. The van der Waals surface area contributed by atoms with Gasteiger partial charge in [0.15, 0.2) is 0 Å². The van der Waals surface area contributed by atoms with E-state index >= 15 is 0 Å². The average Bonchev–Trinajstić information content (AvgIpc) is 2.92. The summed E-state index contributed by atoms with van der Waals surface area (Å²) >= 11 is 1.06. The van der Waals surface area contributed by atoms with Crippen molar-refractivity contribution in [2.75, 3.05) is 24.2 Å². The summed E-state index contributed by atoms with van der Waals surface area (Å²) in [6, 6.07) is 6.10. The van der Waals surface area contributed by atoms with Gasteiger partial charge >= 0.3 is 0 Å². The van der Waals surface area contributed by atoms with Crippen LogP contribution in [0, 0.1) is 0 Å². The Morgan fingerprint density at radius 1 is 1.36 bits per heavy atom. The molecule has 2 rings (SSSR count). The van der Waals surface area contributed by atoms with Gasteiger partial charge in [-0.3, -0.25) is 14.4 Å². The van der Waals surface area contributed by atoms with E-state index in [1.54, 1.807) is 24.3 Å². The topological polar surface area (TPSA) is 113 Å². The Labute approximate surface area is 138 Å². The van der Waals surface area contributed by atoms with E-state index in [-0.39, 0.29) is 29.5 Å². The number of rotatable bonds is 5. The molecule has 1 aliphatic heterocycles. The Kier molecular flexibility index (Phi) is 7.16. The Hall–Kier alpha value is -1.77. The molecule has 7 nitrogen and oxygen atoms in total. The van der Waals surface area contributed by atoms with Crippen LogP contribution in [0.1, 0.15) is 10.4 Å². The molecule has 0 unspecified atom stereocenters. The fourth-order valence-corrected chi connectivity index (χ4v) is 2.60. The van der Waals surface area contributed by atoms with Crippen LogP contribution in [0.3, 0.4) is 0 Å². The standard InChI is InChI=1S/C13H16N4O3S.ClH/c14-5-6-15-11(18)8-3-1-2-4-9(8)16-12(19)10-7-21-13(20)17-10;/h1-4,10H,5-7,14H2,(H,15,18)(H,16,19)(H,17,20);1H/t10-;/m0./s1. The smallest absolute Gasteiger partial charge is 0.279 e. The van der Waals surface area contributed by atoms with Crippen molar-refractivity contribution in [3.63, 3.8) is 0 Å². The quantitative estimate of drug-likeness (QED) is 0.623. The number of benzene rings is 1. The summed E-state index contributed by atoms with van der Waals surface area (Å²) in [4.78, 5) is 35.1. The summed E-state index contributed by atoms with van der Waals surface area (Å²) in [6.45, 7) is 0.696. The van der Waals surface area contributed by atoms with Crippen LogP contribution >= 0.6 is 24.2 Å². The first kappa shape index (κ1) is 18.3.